The number of rotatable bonds is 75. The van der Waals surface area contributed by atoms with Gasteiger partial charge in [0.05, 0.1) is 30.9 Å². The van der Waals surface area contributed by atoms with Crippen molar-refractivity contribution in [3.8, 4) is 88.0 Å². The van der Waals surface area contributed by atoms with Crippen LogP contribution < -0.4 is 0 Å². The van der Waals surface area contributed by atoms with Crippen molar-refractivity contribution in [3.63, 3.8) is 0 Å². The minimum atomic E-state index is 1.05. The minimum absolute atomic E-state index is 1.05. The van der Waals surface area contributed by atoms with Crippen LogP contribution >= 0.6 is 113 Å². The number of nitrogens with zero attached hydrogens (tertiary/aromatic N) is 2. The Balaban J connectivity index is 0.948. The van der Waals surface area contributed by atoms with Crippen LogP contribution in [-0.2, 0) is 38.5 Å². The van der Waals surface area contributed by atoms with Crippen LogP contribution in [0.25, 0.3) is 88.0 Å². The Kier molecular flexibility index (Phi) is 51.5. The van der Waals surface area contributed by atoms with E-state index in [1.54, 1.807) is 22.3 Å². The lowest BCUT2D eigenvalue weighted by atomic mass is 10.0. The third kappa shape index (κ3) is 36.0. The van der Waals surface area contributed by atoms with Crippen LogP contribution in [0.3, 0.4) is 0 Å². The molecule has 0 saturated carbocycles. The van der Waals surface area contributed by atoms with Crippen molar-refractivity contribution in [1.29, 1.82) is 0 Å². The van der Waals surface area contributed by atoms with E-state index in [1.807, 2.05) is 79.4 Å². The van der Waals surface area contributed by atoms with E-state index >= 15 is 0 Å². The predicted octanol–water partition coefficient (Wildman–Crippen LogP) is 42.9. The lowest BCUT2D eigenvalue weighted by Gasteiger charge is -2.04. The number of unbranched alkanes of at least 4 members (excludes halogenated alkanes) is 54. The standard InChI is InChI=1S/C110H164N2S10/c1-7-13-19-25-31-37-43-49-55-61-68-87-81-83-114-103(87)101-85-89(70-63-57-51-45-39-33-27-21-15-9-3)105(119-101)109-111-91(72-65-59-53-47-41-35-29-23-17-11-5)107(121-109)98-79-77-95(116-98)96-78-80-99(117-96)108-92(73-66-60-54-48-42-36-30-24-18-12-6)112-110(122-108)106-90(71-64-58-52-46-40-34-28-22-16-10-4)86-102(120-106)104-88(69-62-56-50-44-38-32-26-20-14-8-2)84-100(118-104)97-76-75-94(115-97)93-74-67-82-113-93/h67,74-86H,7-66,68-73H2,1-6H3. The van der Waals surface area contributed by atoms with E-state index in [9.17, 15) is 0 Å². The maximum Gasteiger partial charge on any atom is 0.134 e. The van der Waals surface area contributed by atoms with E-state index in [0.29, 0.717) is 0 Å². The van der Waals surface area contributed by atoms with Crippen LogP contribution in [0.2, 0.25) is 0 Å². The third-order valence-corrected chi connectivity index (χ3v) is 38.1. The van der Waals surface area contributed by atoms with Crippen molar-refractivity contribution >= 4 is 113 Å². The molecule has 0 bridgehead atoms. The minimum Gasteiger partial charge on any atom is -0.240 e. The van der Waals surface area contributed by atoms with Crippen LogP contribution in [0.15, 0.2) is 83.6 Å². The molecule has 0 atom stereocenters. The summed E-state index contributed by atoms with van der Waals surface area (Å²) >= 11 is 20.2. The van der Waals surface area contributed by atoms with Crippen LogP contribution in [0.1, 0.15) is 460 Å². The highest BCUT2D eigenvalue weighted by atomic mass is 32.1. The molecule has 10 rings (SSSR count). The normalized spacial score (nSPS) is 11.9. The van der Waals surface area contributed by atoms with E-state index in [1.165, 1.54) is 491 Å². The molecule has 10 aromatic rings. The predicted molar refractivity (Wildman–Crippen MR) is 563 cm³/mol. The highest BCUT2D eigenvalue weighted by Crippen LogP contribution is 2.53. The van der Waals surface area contributed by atoms with Crippen LogP contribution in [-0.4, -0.2) is 9.97 Å². The van der Waals surface area contributed by atoms with Gasteiger partial charge in [-0.05, 0) is 177 Å². The van der Waals surface area contributed by atoms with E-state index in [4.69, 9.17) is 9.97 Å². The second-order valence-electron chi connectivity index (χ2n) is 36.3. The molecule has 12 heteroatoms. The number of aromatic nitrogens is 2. The first kappa shape index (κ1) is 101. The topological polar surface area (TPSA) is 25.8 Å². The molecule has 0 spiro atoms. The van der Waals surface area contributed by atoms with Crippen molar-refractivity contribution in [1.82, 2.24) is 9.97 Å². The summed E-state index contributed by atoms with van der Waals surface area (Å²) in [5, 5.41) is 7.16. The fourth-order valence-electron chi connectivity index (χ4n) is 18.1. The van der Waals surface area contributed by atoms with Crippen molar-refractivity contribution in [2.24, 2.45) is 0 Å². The van der Waals surface area contributed by atoms with Gasteiger partial charge in [0, 0.05) is 58.5 Å². The Morgan fingerprint density at radius 3 is 0.779 bits per heavy atom. The zero-order valence-corrected chi connectivity index (χ0v) is 85.9. The van der Waals surface area contributed by atoms with Gasteiger partial charge < -0.3 is 0 Å². The molecule has 0 aliphatic rings. The summed E-state index contributed by atoms with van der Waals surface area (Å²) < 4.78 is 0. The summed E-state index contributed by atoms with van der Waals surface area (Å²) in [4.78, 5) is 34.8. The first-order chi connectivity index (χ1) is 60.4. The molecule has 0 radical (unpaired) electrons. The van der Waals surface area contributed by atoms with Crippen LogP contribution in [0, 0.1) is 0 Å². The molecular formula is C110H164N2S10. The van der Waals surface area contributed by atoms with Crippen molar-refractivity contribution in [2.45, 2.75) is 465 Å². The second-order valence-corrected chi connectivity index (χ2v) is 46.6. The summed E-state index contributed by atoms with van der Waals surface area (Å²) in [6, 6.07) is 29.7. The third-order valence-electron chi connectivity index (χ3n) is 25.7. The van der Waals surface area contributed by atoms with Crippen molar-refractivity contribution < 1.29 is 0 Å². The molecule has 0 saturated heterocycles. The van der Waals surface area contributed by atoms with Crippen LogP contribution in [0.4, 0.5) is 0 Å². The summed E-state index contributed by atoms with van der Waals surface area (Å²) in [6.45, 7) is 14.0. The zero-order chi connectivity index (χ0) is 84.9. The Labute approximate surface area is 786 Å². The Hall–Kier alpha value is -3.14. The molecule has 122 heavy (non-hydrogen) atoms. The fraction of sp³-hybridized carbons (Fsp3) is 0.655. The van der Waals surface area contributed by atoms with Gasteiger partial charge in [-0.3, -0.25) is 0 Å². The van der Waals surface area contributed by atoms with Gasteiger partial charge in [0.1, 0.15) is 10.0 Å². The number of aryl methyl sites for hydroxylation is 6. The van der Waals surface area contributed by atoms with Gasteiger partial charge in [-0.15, -0.1) is 113 Å². The van der Waals surface area contributed by atoms with Gasteiger partial charge in [-0.25, -0.2) is 9.97 Å². The Morgan fingerprint density at radius 2 is 0.443 bits per heavy atom. The lowest BCUT2D eigenvalue weighted by Crippen LogP contribution is -1.90. The van der Waals surface area contributed by atoms with Crippen molar-refractivity contribution in [2.75, 3.05) is 0 Å². The number of hydrogen-bond acceptors (Lipinski definition) is 12. The SMILES string of the molecule is CCCCCCCCCCCCc1ccsc1-c1cc(CCCCCCCCCCCC)c(-c2nc(CCCCCCCCCCCC)c(-c3ccc(-c4ccc(-c5sc(-c6sc(-c7sc(-c8ccc(-c9cccs9)s8)cc7CCCCCCCCCCCC)cc6CCCCCCCCCCCC)nc5CCCCCCCCCCCC)s4)s3)s2)s1. The monoisotopic (exact) mass is 1830 g/mol. The molecule has 0 amide bonds. The largest absolute Gasteiger partial charge is 0.240 e. The number of thiophene rings is 8. The van der Waals surface area contributed by atoms with Gasteiger partial charge in [0.15, 0.2) is 0 Å². The fourth-order valence-corrected chi connectivity index (χ4v) is 29.7. The van der Waals surface area contributed by atoms with Gasteiger partial charge in [0.25, 0.3) is 0 Å². The molecule has 10 heterocycles. The highest BCUT2D eigenvalue weighted by molar-refractivity contribution is 7.32. The quantitative estimate of drug-likeness (QED) is 0.0355. The molecule has 0 unspecified atom stereocenters. The van der Waals surface area contributed by atoms with E-state index < -0.39 is 0 Å². The summed E-state index contributed by atoms with van der Waals surface area (Å²) in [5.41, 5.74) is 8.91. The smallest absolute Gasteiger partial charge is 0.134 e. The van der Waals surface area contributed by atoms with Crippen LogP contribution in [0.5, 0.6) is 0 Å². The molecule has 0 N–H and O–H groups in total. The molecule has 10 aromatic heterocycles. The maximum atomic E-state index is 5.97. The first-order valence-electron chi connectivity index (χ1n) is 51.2. The number of thiazole rings is 2. The average Bonchev–Trinajstić information content (AvgIpc) is 1.62. The summed E-state index contributed by atoms with van der Waals surface area (Å²) in [7, 11) is 0. The maximum absolute atomic E-state index is 5.97. The molecular weight excluding hydrogens is 1670 g/mol. The summed E-state index contributed by atoms with van der Waals surface area (Å²) in [5.74, 6) is 0. The van der Waals surface area contributed by atoms with Gasteiger partial charge in [-0.2, -0.15) is 0 Å². The molecule has 0 aliphatic heterocycles. The average molecular weight is 1840 g/mol. The molecule has 0 aliphatic carbocycles. The Bertz CT molecular complexity index is 4250. The van der Waals surface area contributed by atoms with Crippen molar-refractivity contribution in [3.05, 3.63) is 117 Å². The molecule has 2 nitrogen and oxygen atoms in total. The van der Waals surface area contributed by atoms with Gasteiger partial charge in [0.2, 0.25) is 0 Å². The lowest BCUT2D eigenvalue weighted by molar-refractivity contribution is 0.555. The first-order valence-corrected chi connectivity index (χ1v) is 59.5. The van der Waals surface area contributed by atoms with E-state index in [0.717, 1.165) is 32.1 Å². The number of hydrogen-bond donors (Lipinski definition) is 0. The Morgan fingerprint density at radius 1 is 0.180 bits per heavy atom. The van der Waals surface area contributed by atoms with E-state index in [-0.39, 0.29) is 0 Å². The van der Waals surface area contributed by atoms with Gasteiger partial charge >= 0.3 is 0 Å². The summed E-state index contributed by atoms with van der Waals surface area (Å²) in [6.07, 6.45) is 88.5. The molecule has 0 fully saturated rings. The molecule has 674 valence electrons. The highest BCUT2D eigenvalue weighted by Gasteiger charge is 2.27. The molecule has 0 aromatic carbocycles. The van der Waals surface area contributed by atoms with Gasteiger partial charge in [-0.1, -0.05) is 394 Å². The zero-order valence-electron chi connectivity index (χ0n) is 77.7. The second kappa shape index (κ2) is 62.2. The van der Waals surface area contributed by atoms with E-state index in [2.05, 4.69) is 159 Å².